The molecule has 0 aliphatic carbocycles. The first-order chi connectivity index (χ1) is 15.8. The molecule has 0 unspecified atom stereocenters. The molecule has 0 saturated heterocycles. The Bertz CT molecular complexity index is 1270. The summed E-state index contributed by atoms with van der Waals surface area (Å²) < 4.78 is 41.7. The Morgan fingerprint density at radius 1 is 1.03 bits per heavy atom. The summed E-state index contributed by atoms with van der Waals surface area (Å²) in [5, 5.41) is 11.1. The van der Waals surface area contributed by atoms with Crippen LogP contribution in [-0.2, 0) is 11.0 Å². The van der Waals surface area contributed by atoms with Gasteiger partial charge in [-0.05, 0) is 42.5 Å². The monoisotopic (exact) mass is 489 g/mol. The standard InChI is InChI=1S/C22H15ClF3N5OS/c23-15-6-7-18(17(12-15)22(24,25)26)28-19(32)13-33-21-30-29-20(14-8-10-27-11-9-14)31(21)16-4-2-1-3-5-16/h1-12H,13H2,(H,28,32). The first kappa shape index (κ1) is 22.8. The summed E-state index contributed by atoms with van der Waals surface area (Å²) in [4.78, 5) is 16.5. The van der Waals surface area contributed by atoms with Gasteiger partial charge >= 0.3 is 6.18 Å². The number of aromatic nitrogens is 4. The highest BCUT2D eigenvalue weighted by Gasteiger charge is 2.34. The number of hydrogen-bond donors (Lipinski definition) is 1. The van der Waals surface area contributed by atoms with Crippen molar-refractivity contribution in [1.82, 2.24) is 19.7 Å². The van der Waals surface area contributed by atoms with E-state index in [0.29, 0.717) is 11.0 Å². The minimum absolute atomic E-state index is 0.0747. The number of carbonyl (C=O) groups excluding carboxylic acids is 1. The molecule has 168 valence electrons. The number of rotatable bonds is 6. The summed E-state index contributed by atoms with van der Waals surface area (Å²) in [6.07, 6.45) is -1.40. The zero-order chi connectivity index (χ0) is 23.4. The molecule has 1 amide bonds. The fourth-order valence-corrected chi connectivity index (χ4v) is 3.96. The maximum absolute atomic E-state index is 13.3. The fourth-order valence-electron chi connectivity index (χ4n) is 3.04. The van der Waals surface area contributed by atoms with E-state index in [2.05, 4.69) is 20.5 Å². The van der Waals surface area contributed by atoms with E-state index in [4.69, 9.17) is 11.6 Å². The largest absolute Gasteiger partial charge is 0.418 e. The molecule has 1 N–H and O–H groups in total. The van der Waals surface area contributed by atoms with E-state index in [-0.39, 0.29) is 16.5 Å². The Kier molecular flexibility index (Phi) is 6.66. The van der Waals surface area contributed by atoms with Crippen molar-refractivity contribution in [3.05, 3.63) is 83.6 Å². The van der Waals surface area contributed by atoms with E-state index in [1.54, 1.807) is 29.1 Å². The van der Waals surface area contributed by atoms with E-state index in [1.165, 1.54) is 6.07 Å². The van der Waals surface area contributed by atoms with Crippen LogP contribution in [-0.4, -0.2) is 31.4 Å². The normalized spacial score (nSPS) is 11.4. The third-order valence-electron chi connectivity index (χ3n) is 4.48. The number of amides is 1. The van der Waals surface area contributed by atoms with Crippen molar-refractivity contribution in [3.63, 3.8) is 0 Å². The third kappa shape index (κ3) is 5.35. The van der Waals surface area contributed by atoms with Crippen LogP contribution in [0.25, 0.3) is 17.1 Å². The molecule has 0 aliphatic rings. The SMILES string of the molecule is O=C(CSc1nnc(-c2ccncc2)n1-c1ccccc1)Nc1ccc(Cl)cc1C(F)(F)F. The van der Waals surface area contributed by atoms with Crippen molar-refractivity contribution in [2.45, 2.75) is 11.3 Å². The molecular weight excluding hydrogens is 475 g/mol. The van der Waals surface area contributed by atoms with Crippen molar-refractivity contribution in [1.29, 1.82) is 0 Å². The van der Waals surface area contributed by atoms with Gasteiger partial charge in [-0.25, -0.2) is 0 Å². The van der Waals surface area contributed by atoms with Crippen LogP contribution in [0, 0.1) is 0 Å². The molecule has 4 rings (SSSR count). The lowest BCUT2D eigenvalue weighted by Gasteiger charge is -2.14. The summed E-state index contributed by atoms with van der Waals surface area (Å²) in [6, 6.07) is 16.0. The van der Waals surface area contributed by atoms with E-state index >= 15 is 0 Å². The number of halogens is 4. The predicted octanol–water partition coefficient (Wildman–Crippen LogP) is 5.73. The molecule has 11 heteroatoms. The van der Waals surface area contributed by atoms with Crippen LogP contribution >= 0.6 is 23.4 Å². The van der Waals surface area contributed by atoms with Crippen LogP contribution in [0.2, 0.25) is 5.02 Å². The van der Waals surface area contributed by atoms with E-state index in [0.717, 1.165) is 35.1 Å². The van der Waals surface area contributed by atoms with E-state index in [9.17, 15) is 18.0 Å². The highest BCUT2D eigenvalue weighted by atomic mass is 35.5. The topological polar surface area (TPSA) is 72.7 Å². The Morgan fingerprint density at radius 3 is 2.45 bits per heavy atom. The summed E-state index contributed by atoms with van der Waals surface area (Å²) in [7, 11) is 0. The van der Waals surface area contributed by atoms with Crippen LogP contribution in [0.4, 0.5) is 18.9 Å². The molecule has 0 radical (unpaired) electrons. The zero-order valence-electron chi connectivity index (χ0n) is 16.8. The average Bonchev–Trinajstić information content (AvgIpc) is 3.23. The maximum Gasteiger partial charge on any atom is 0.418 e. The molecule has 0 saturated carbocycles. The second-order valence-electron chi connectivity index (χ2n) is 6.74. The van der Waals surface area contributed by atoms with Crippen molar-refractivity contribution in [3.8, 4) is 17.1 Å². The van der Waals surface area contributed by atoms with E-state index < -0.39 is 17.6 Å². The summed E-state index contributed by atoms with van der Waals surface area (Å²) in [5.41, 5.74) is 0.170. The number of hydrogen-bond acceptors (Lipinski definition) is 5. The summed E-state index contributed by atoms with van der Waals surface area (Å²) in [6.45, 7) is 0. The summed E-state index contributed by atoms with van der Waals surface area (Å²) in [5.74, 6) is -0.259. The molecule has 0 atom stereocenters. The molecule has 2 heterocycles. The van der Waals surface area contributed by atoms with Gasteiger partial charge in [-0.3, -0.25) is 14.3 Å². The van der Waals surface area contributed by atoms with Crippen molar-refractivity contribution < 1.29 is 18.0 Å². The molecular formula is C22H15ClF3N5OS. The molecule has 0 spiro atoms. The lowest BCUT2D eigenvalue weighted by Crippen LogP contribution is -2.18. The number of anilines is 1. The fraction of sp³-hybridized carbons (Fsp3) is 0.0909. The lowest BCUT2D eigenvalue weighted by molar-refractivity contribution is -0.137. The highest BCUT2D eigenvalue weighted by molar-refractivity contribution is 7.99. The van der Waals surface area contributed by atoms with Gasteiger partial charge in [0.05, 0.1) is 17.0 Å². The number of nitrogens with zero attached hydrogens (tertiary/aromatic N) is 4. The minimum Gasteiger partial charge on any atom is -0.325 e. The second kappa shape index (κ2) is 9.63. The highest BCUT2D eigenvalue weighted by Crippen LogP contribution is 2.36. The predicted molar refractivity (Wildman–Crippen MR) is 120 cm³/mol. The third-order valence-corrected chi connectivity index (χ3v) is 5.64. The van der Waals surface area contributed by atoms with Crippen molar-refractivity contribution in [2.24, 2.45) is 0 Å². The Labute approximate surface area is 195 Å². The van der Waals surface area contributed by atoms with Crippen molar-refractivity contribution in [2.75, 3.05) is 11.1 Å². The van der Waals surface area contributed by atoms with Gasteiger partial charge in [0.25, 0.3) is 0 Å². The van der Waals surface area contributed by atoms with Crippen LogP contribution in [0.3, 0.4) is 0 Å². The number of thioether (sulfide) groups is 1. The van der Waals surface area contributed by atoms with Crippen molar-refractivity contribution >= 4 is 35.0 Å². The molecule has 2 aromatic carbocycles. The molecule has 2 aromatic heterocycles. The van der Waals surface area contributed by atoms with Gasteiger partial charge in [0, 0.05) is 28.7 Å². The average molecular weight is 490 g/mol. The number of benzene rings is 2. The number of nitrogens with one attached hydrogen (secondary N) is 1. The Balaban J connectivity index is 1.57. The number of alkyl halides is 3. The number of para-hydroxylation sites is 1. The molecule has 0 aliphatic heterocycles. The molecule has 6 nitrogen and oxygen atoms in total. The van der Waals surface area contributed by atoms with E-state index in [1.807, 2.05) is 30.3 Å². The molecule has 33 heavy (non-hydrogen) atoms. The van der Waals surface area contributed by atoms with Gasteiger partial charge in [-0.1, -0.05) is 41.6 Å². The zero-order valence-corrected chi connectivity index (χ0v) is 18.3. The first-order valence-corrected chi connectivity index (χ1v) is 10.9. The Morgan fingerprint density at radius 2 is 1.76 bits per heavy atom. The van der Waals surface area contributed by atoms with Gasteiger partial charge in [0.1, 0.15) is 0 Å². The smallest absolute Gasteiger partial charge is 0.325 e. The maximum atomic E-state index is 13.3. The minimum atomic E-state index is -4.66. The molecule has 0 bridgehead atoms. The van der Waals surface area contributed by atoms with Crippen LogP contribution in [0.1, 0.15) is 5.56 Å². The Hall–Kier alpha value is -3.37. The van der Waals surface area contributed by atoms with Gasteiger partial charge < -0.3 is 5.32 Å². The van der Waals surface area contributed by atoms with Gasteiger partial charge in [0.2, 0.25) is 5.91 Å². The lowest BCUT2D eigenvalue weighted by atomic mass is 10.1. The van der Waals surface area contributed by atoms with Crippen LogP contribution in [0.5, 0.6) is 0 Å². The molecule has 0 fully saturated rings. The van der Waals surface area contributed by atoms with Crippen LogP contribution in [0.15, 0.2) is 78.2 Å². The second-order valence-corrected chi connectivity index (χ2v) is 8.12. The summed E-state index contributed by atoms with van der Waals surface area (Å²) >= 11 is 6.75. The van der Waals surface area contributed by atoms with Crippen LogP contribution < -0.4 is 5.32 Å². The van der Waals surface area contributed by atoms with Gasteiger partial charge in [0.15, 0.2) is 11.0 Å². The number of carbonyl (C=O) groups is 1. The molecule has 4 aromatic rings. The van der Waals surface area contributed by atoms with Gasteiger partial charge in [-0.2, -0.15) is 13.2 Å². The quantitative estimate of drug-likeness (QED) is 0.350. The van der Waals surface area contributed by atoms with Gasteiger partial charge in [-0.15, -0.1) is 10.2 Å². The first-order valence-electron chi connectivity index (χ1n) is 9.53. The number of pyridine rings is 1.